The van der Waals surface area contributed by atoms with Gasteiger partial charge in [-0.25, -0.2) is 9.07 Å². The van der Waals surface area contributed by atoms with Crippen molar-refractivity contribution in [2.45, 2.75) is 96.3 Å². The first kappa shape index (κ1) is 31.5. The minimum Gasteiger partial charge on any atom is -0.241 e. The molecule has 8 heteroatoms. The Labute approximate surface area is 273 Å². The average molecular weight is 643 g/mol. The van der Waals surface area contributed by atoms with E-state index < -0.39 is 28.4 Å². The second-order valence-corrected chi connectivity index (χ2v) is 14.0. The molecular weight excluding hydrogens is 600 g/mol. The third-order valence-electron chi connectivity index (χ3n) is 11.5. The van der Waals surface area contributed by atoms with Gasteiger partial charge in [0, 0.05) is 53.6 Å². The number of alkyl halides is 3. The number of hydrogen-bond donors (Lipinski definition) is 0. The Hall–Kier alpha value is -4.07. The lowest BCUT2D eigenvalue weighted by atomic mass is 9.60. The van der Waals surface area contributed by atoms with E-state index in [9.17, 15) is 13.2 Å². The van der Waals surface area contributed by atoms with Gasteiger partial charge in [-0.2, -0.15) is 27.4 Å². The highest BCUT2D eigenvalue weighted by molar-refractivity contribution is 6.02. The van der Waals surface area contributed by atoms with Crippen LogP contribution in [-0.2, 0) is 36.1 Å². The molecule has 1 atom stereocenters. The number of halogens is 4. The maximum Gasteiger partial charge on any atom is 0.435 e. The predicted molar refractivity (Wildman–Crippen MR) is 175 cm³/mol. The maximum atomic E-state index is 16.4. The molecule has 4 heterocycles. The summed E-state index contributed by atoms with van der Waals surface area (Å²) >= 11 is 0. The monoisotopic (exact) mass is 642 g/mol. The maximum absolute atomic E-state index is 16.4. The summed E-state index contributed by atoms with van der Waals surface area (Å²) in [5.74, 6) is -0.313. The number of unbranched alkanes of at least 4 members (excludes halogenated alkanes) is 1. The van der Waals surface area contributed by atoms with Gasteiger partial charge in [0.05, 0.1) is 10.9 Å². The summed E-state index contributed by atoms with van der Waals surface area (Å²) in [4.78, 5) is 0. The van der Waals surface area contributed by atoms with Crippen molar-refractivity contribution in [3.8, 4) is 22.6 Å². The van der Waals surface area contributed by atoms with Crippen molar-refractivity contribution in [2.75, 3.05) is 0 Å². The SMILES string of the molecule is CCCCc1ccc2c3c4[n+](ccc13)C(CC)(CC)C(C)(n1nc(C(F)(F)F)cc1-c1cccc[n+]1C)c1ccc(F)c(c1-4)C2(C)C. The van der Waals surface area contributed by atoms with E-state index in [4.69, 9.17) is 0 Å². The lowest BCUT2D eigenvalue weighted by molar-refractivity contribution is -0.770. The molecular formula is C39H42F4N4+2. The van der Waals surface area contributed by atoms with Gasteiger partial charge >= 0.3 is 6.18 Å². The van der Waals surface area contributed by atoms with E-state index in [2.05, 4.69) is 68.7 Å². The first-order chi connectivity index (χ1) is 22.3. The molecule has 4 nitrogen and oxygen atoms in total. The zero-order chi connectivity index (χ0) is 33.7. The molecule has 0 spiro atoms. The van der Waals surface area contributed by atoms with Crippen molar-refractivity contribution in [3.05, 3.63) is 101 Å². The molecule has 244 valence electrons. The van der Waals surface area contributed by atoms with Gasteiger partial charge < -0.3 is 0 Å². The molecule has 0 saturated heterocycles. The molecule has 7 rings (SSSR count). The van der Waals surface area contributed by atoms with E-state index in [0.717, 1.165) is 58.5 Å². The smallest absolute Gasteiger partial charge is 0.241 e. The zero-order valence-electron chi connectivity index (χ0n) is 28.2. The Morgan fingerprint density at radius 3 is 2.28 bits per heavy atom. The molecule has 0 radical (unpaired) electrons. The molecule has 1 aliphatic heterocycles. The molecule has 1 aliphatic carbocycles. The molecule has 0 amide bonds. The Morgan fingerprint density at radius 2 is 1.62 bits per heavy atom. The molecule has 0 bridgehead atoms. The molecule has 5 aromatic rings. The number of pyridine rings is 2. The number of benzene rings is 2. The second-order valence-electron chi connectivity index (χ2n) is 14.0. The summed E-state index contributed by atoms with van der Waals surface area (Å²) in [6.07, 6.45) is 3.55. The van der Waals surface area contributed by atoms with Crippen LogP contribution in [0.4, 0.5) is 17.6 Å². The van der Waals surface area contributed by atoms with Crippen LogP contribution in [0.3, 0.4) is 0 Å². The lowest BCUT2D eigenvalue weighted by Gasteiger charge is -2.50. The molecule has 3 aromatic heterocycles. The summed E-state index contributed by atoms with van der Waals surface area (Å²) in [7, 11) is 1.83. The van der Waals surface area contributed by atoms with E-state index >= 15 is 4.39 Å². The number of hydrogen-bond acceptors (Lipinski definition) is 1. The Balaban J connectivity index is 1.68. The lowest BCUT2D eigenvalue weighted by Crippen LogP contribution is -2.71. The van der Waals surface area contributed by atoms with Gasteiger partial charge in [-0.3, -0.25) is 0 Å². The predicted octanol–water partition coefficient (Wildman–Crippen LogP) is 8.91. The molecule has 47 heavy (non-hydrogen) atoms. The summed E-state index contributed by atoms with van der Waals surface area (Å²) in [5.41, 5.74) is 2.84. The topological polar surface area (TPSA) is 25.6 Å². The molecule has 0 fully saturated rings. The summed E-state index contributed by atoms with van der Waals surface area (Å²) in [6.45, 7) is 12.5. The Kier molecular flexibility index (Phi) is 7.02. The second kappa shape index (κ2) is 10.5. The van der Waals surface area contributed by atoms with Crippen LogP contribution in [-0.4, -0.2) is 9.78 Å². The largest absolute Gasteiger partial charge is 0.435 e. The van der Waals surface area contributed by atoms with E-state index in [1.807, 2.05) is 49.0 Å². The van der Waals surface area contributed by atoms with Gasteiger partial charge in [-0.1, -0.05) is 59.2 Å². The minimum atomic E-state index is -4.66. The van der Waals surface area contributed by atoms with Gasteiger partial charge in [0.1, 0.15) is 18.6 Å². The van der Waals surface area contributed by atoms with Crippen LogP contribution in [0.15, 0.2) is 67.0 Å². The van der Waals surface area contributed by atoms with Crippen molar-refractivity contribution in [1.29, 1.82) is 0 Å². The fourth-order valence-electron chi connectivity index (χ4n) is 9.04. The minimum absolute atomic E-state index is 0.313. The first-order valence-corrected chi connectivity index (χ1v) is 16.8. The van der Waals surface area contributed by atoms with Crippen LogP contribution < -0.4 is 9.13 Å². The summed E-state index contributed by atoms with van der Waals surface area (Å²) in [6, 6.07) is 16.5. The standard InChI is InChI=1S/C39H42F4N4/c1-8-11-14-24-16-17-26-32-25(24)20-22-46-35(32)33-27(18-19-28(40)34(33)36(26,4)5)37(6,38(46,9-2)10-3)47-30(23-31(44-47)39(41,42)43)29-15-12-13-21-45(29)7/h12-13,15-23H,8-11,14H2,1-7H3/q+2. The van der Waals surface area contributed by atoms with Crippen LogP contribution in [0.1, 0.15) is 95.2 Å². The number of aryl methyl sites for hydroxylation is 2. The van der Waals surface area contributed by atoms with Gasteiger partial charge in [0.15, 0.2) is 29.2 Å². The van der Waals surface area contributed by atoms with Crippen LogP contribution >= 0.6 is 0 Å². The number of nitrogens with zero attached hydrogens (tertiary/aromatic N) is 4. The van der Waals surface area contributed by atoms with Crippen molar-refractivity contribution in [2.24, 2.45) is 7.05 Å². The van der Waals surface area contributed by atoms with Gasteiger partial charge in [0.2, 0.25) is 11.4 Å². The quantitative estimate of drug-likeness (QED) is 0.129. The third kappa shape index (κ3) is 4.02. The number of aromatic nitrogens is 4. The van der Waals surface area contributed by atoms with Gasteiger partial charge in [-0.05, 0) is 48.4 Å². The first-order valence-electron chi connectivity index (χ1n) is 16.8. The summed E-state index contributed by atoms with van der Waals surface area (Å²) < 4.78 is 65.8. The highest BCUT2D eigenvalue weighted by atomic mass is 19.4. The van der Waals surface area contributed by atoms with E-state index in [0.29, 0.717) is 29.8 Å². The van der Waals surface area contributed by atoms with Crippen LogP contribution in [0, 0.1) is 5.82 Å². The molecule has 2 aromatic carbocycles. The van der Waals surface area contributed by atoms with Crippen LogP contribution in [0.2, 0.25) is 0 Å². The average Bonchev–Trinajstić information content (AvgIpc) is 3.50. The van der Waals surface area contributed by atoms with Crippen LogP contribution in [0.25, 0.3) is 33.4 Å². The van der Waals surface area contributed by atoms with Crippen molar-refractivity contribution >= 4 is 10.8 Å². The third-order valence-corrected chi connectivity index (χ3v) is 11.5. The van der Waals surface area contributed by atoms with E-state index in [-0.39, 0.29) is 5.82 Å². The molecule has 0 N–H and O–H groups in total. The fraction of sp³-hybridized carbons (Fsp3) is 0.410. The van der Waals surface area contributed by atoms with Gasteiger partial charge in [-0.15, -0.1) is 0 Å². The molecule has 2 aliphatic rings. The highest BCUT2D eigenvalue weighted by Gasteiger charge is 2.64. The summed E-state index contributed by atoms with van der Waals surface area (Å²) in [5, 5.41) is 6.72. The highest BCUT2D eigenvalue weighted by Crippen LogP contribution is 2.58. The molecule has 1 unspecified atom stereocenters. The molecule has 0 saturated carbocycles. The van der Waals surface area contributed by atoms with Gasteiger partial charge in [0.25, 0.3) is 0 Å². The zero-order valence-corrected chi connectivity index (χ0v) is 28.2. The van der Waals surface area contributed by atoms with Crippen molar-refractivity contribution in [1.82, 2.24) is 9.78 Å². The van der Waals surface area contributed by atoms with Crippen molar-refractivity contribution < 1.29 is 26.7 Å². The Bertz CT molecular complexity index is 2070. The fourth-order valence-corrected chi connectivity index (χ4v) is 9.04. The van der Waals surface area contributed by atoms with Crippen molar-refractivity contribution in [3.63, 3.8) is 0 Å². The van der Waals surface area contributed by atoms with E-state index in [1.165, 1.54) is 11.6 Å². The number of rotatable bonds is 7. The Morgan fingerprint density at radius 1 is 0.894 bits per heavy atom. The van der Waals surface area contributed by atoms with Crippen LogP contribution in [0.5, 0.6) is 0 Å². The van der Waals surface area contributed by atoms with E-state index in [1.54, 1.807) is 4.68 Å². The normalized spacial score (nSPS) is 19.0.